The first-order chi connectivity index (χ1) is 7.11. The van der Waals surface area contributed by atoms with Gasteiger partial charge >= 0.3 is 5.97 Å². The molecule has 0 saturated heterocycles. The Labute approximate surface area is 95.9 Å². The zero-order chi connectivity index (χ0) is 11.7. The highest BCUT2D eigenvalue weighted by Crippen LogP contribution is 2.02. The number of ether oxygens (including phenoxy) is 2. The lowest BCUT2D eigenvalue weighted by molar-refractivity contribution is -0.152. The smallest absolute Gasteiger partial charge is 0.323 e. The fourth-order valence-corrected chi connectivity index (χ4v) is 1.46. The highest BCUT2D eigenvalue weighted by atomic mass is 32.2. The van der Waals surface area contributed by atoms with Crippen LogP contribution >= 0.6 is 11.8 Å². The lowest BCUT2D eigenvalue weighted by atomic mass is 10.2. The Morgan fingerprint density at radius 2 is 2.20 bits per heavy atom. The van der Waals surface area contributed by atoms with Crippen LogP contribution in [0.4, 0.5) is 0 Å². The van der Waals surface area contributed by atoms with Crippen molar-refractivity contribution < 1.29 is 14.3 Å². The summed E-state index contributed by atoms with van der Waals surface area (Å²) in [6, 6.07) is -0.512. The zero-order valence-corrected chi connectivity index (χ0v) is 10.5. The summed E-state index contributed by atoms with van der Waals surface area (Å²) in [6.45, 7) is 4.76. The van der Waals surface area contributed by atoms with Crippen molar-refractivity contribution in [1.29, 1.82) is 0 Å². The van der Waals surface area contributed by atoms with E-state index in [0.717, 1.165) is 5.75 Å². The predicted molar refractivity (Wildman–Crippen MR) is 63.0 cm³/mol. The number of thioether (sulfide) groups is 1. The first-order valence-electron chi connectivity index (χ1n) is 5.14. The van der Waals surface area contributed by atoms with Crippen LogP contribution in [0.3, 0.4) is 0 Å². The highest BCUT2D eigenvalue weighted by Gasteiger charge is 2.17. The van der Waals surface area contributed by atoms with Gasteiger partial charge in [0.2, 0.25) is 0 Å². The Bertz CT molecular complexity index is 178. The van der Waals surface area contributed by atoms with E-state index in [-0.39, 0.29) is 12.1 Å². The maximum Gasteiger partial charge on any atom is 0.323 e. The third-order valence-corrected chi connectivity index (χ3v) is 2.45. The topological polar surface area (TPSA) is 61.5 Å². The van der Waals surface area contributed by atoms with E-state index in [1.807, 2.05) is 13.2 Å². The van der Waals surface area contributed by atoms with Gasteiger partial charge in [-0.15, -0.1) is 0 Å². The Morgan fingerprint density at radius 3 is 2.73 bits per heavy atom. The van der Waals surface area contributed by atoms with Gasteiger partial charge in [-0.2, -0.15) is 11.8 Å². The van der Waals surface area contributed by atoms with E-state index >= 15 is 0 Å². The summed E-state index contributed by atoms with van der Waals surface area (Å²) < 4.78 is 10.2. The molecule has 0 amide bonds. The largest absolute Gasteiger partial charge is 0.459 e. The normalized spacial score (nSPS) is 14.7. The first-order valence-corrected chi connectivity index (χ1v) is 6.54. The maximum atomic E-state index is 11.4. The molecule has 0 aliphatic heterocycles. The van der Waals surface area contributed by atoms with E-state index in [4.69, 9.17) is 15.2 Å². The summed E-state index contributed by atoms with van der Waals surface area (Å²) in [5.74, 6) is 0.534. The summed E-state index contributed by atoms with van der Waals surface area (Å²) in [6.07, 6.45) is 2.41. The minimum atomic E-state index is -0.512. The average Bonchev–Trinajstić information content (AvgIpc) is 2.22. The van der Waals surface area contributed by atoms with Crippen LogP contribution in [0.1, 0.15) is 20.3 Å². The summed E-state index contributed by atoms with van der Waals surface area (Å²) in [7, 11) is 0. The fourth-order valence-electron chi connectivity index (χ4n) is 0.966. The number of esters is 1. The number of carbonyl (C=O) groups excluding carboxylic acids is 1. The van der Waals surface area contributed by atoms with Gasteiger partial charge in [-0.25, -0.2) is 0 Å². The molecule has 1 unspecified atom stereocenters. The summed E-state index contributed by atoms with van der Waals surface area (Å²) in [5, 5.41) is 0. The third kappa shape index (κ3) is 7.64. The van der Waals surface area contributed by atoms with Crippen molar-refractivity contribution in [2.75, 3.05) is 25.2 Å². The molecule has 90 valence electrons. The second-order valence-electron chi connectivity index (χ2n) is 3.29. The molecule has 0 spiro atoms. The Hall–Kier alpha value is -0.260. The zero-order valence-electron chi connectivity index (χ0n) is 9.69. The second-order valence-corrected chi connectivity index (χ2v) is 4.28. The molecule has 5 heteroatoms. The predicted octanol–water partition coefficient (Wildman–Crippen LogP) is 1.04. The summed E-state index contributed by atoms with van der Waals surface area (Å²) in [4.78, 5) is 11.4. The number of rotatable bonds is 8. The van der Waals surface area contributed by atoms with Gasteiger partial charge in [0.15, 0.2) is 0 Å². The van der Waals surface area contributed by atoms with Gasteiger partial charge in [0.25, 0.3) is 0 Å². The molecular weight excluding hydrogens is 214 g/mol. The fraction of sp³-hybridized carbons (Fsp3) is 0.900. The SMILES string of the molecule is CCOCC(C)OC(=O)[C@@H](N)CCSC. The van der Waals surface area contributed by atoms with Crippen molar-refractivity contribution >= 4 is 17.7 Å². The Balaban J connectivity index is 3.70. The molecule has 0 aromatic rings. The molecule has 0 aromatic carbocycles. The van der Waals surface area contributed by atoms with Crippen LogP contribution in [0, 0.1) is 0 Å². The molecule has 0 aromatic heterocycles. The molecule has 2 N–H and O–H groups in total. The summed E-state index contributed by atoms with van der Waals surface area (Å²) >= 11 is 1.67. The van der Waals surface area contributed by atoms with Crippen LogP contribution < -0.4 is 5.73 Å². The van der Waals surface area contributed by atoms with Gasteiger partial charge < -0.3 is 15.2 Å². The molecule has 0 bridgehead atoms. The number of hydrogen-bond donors (Lipinski definition) is 1. The van der Waals surface area contributed by atoms with Crippen LogP contribution in [0.2, 0.25) is 0 Å². The van der Waals surface area contributed by atoms with Gasteiger partial charge in [-0.05, 0) is 32.3 Å². The van der Waals surface area contributed by atoms with Gasteiger partial charge in [0.05, 0.1) is 6.61 Å². The van der Waals surface area contributed by atoms with Crippen LogP contribution in [0.15, 0.2) is 0 Å². The van der Waals surface area contributed by atoms with Gasteiger partial charge in [-0.1, -0.05) is 0 Å². The van der Waals surface area contributed by atoms with Crippen molar-refractivity contribution in [3.63, 3.8) is 0 Å². The number of hydrogen-bond acceptors (Lipinski definition) is 5. The van der Waals surface area contributed by atoms with E-state index in [9.17, 15) is 4.79 Å². The second kappa shape index (κ2) is 9.00. The van der Waals surface area contributed by atoms with Crippen molar-refractivity contribution in [2.24, 2.45) is 5.73 Å². The molecular formula is C10H21NO3S. The molecule has 0 saturated carbocycles. The van der Waals surface area contributed by atoms with Gasteiger partial charge in [0, 0.05) is 6.61 Å². The molecule has 0 aliphatic rings. The van der Waals surface area contributed by atoms with Crippen molar-refractivity contribution in [1.82, 2.24) is 0 Å². The van der Waals surface area contributed by atoms with E-state index in [1.165, 1.54) is 0 Å². The number of nitrogens with two attached hydrogens (primary N) is 1. The molecule has 4 nitrogen and oxygen atoms in total. The van der Waals surface area contributed by atoms with Crippen LogP contribution in [0.25, 0.3) is 0 Å². The molecule has 15 heavy (non-hydrogen) atoms. The van der Waals surface area contributed by atoms with Gasteiger partial charge in [0.1, 0.15) is 12.1 Å². The van der Waals surface area contributed by atoms with E-state index in [0.29, 0.717) is 19.6 Å². The number of carbonyl (C=O) groups is 1. The highest BCUT2D eigenvalue weighted by molar-refractivity contribution is 7.98. The summed E-state index contributed by atoms with van der Waals surface area (Å²) in [5.41, 5.74) is 5.65. The van der Waals surface area contributed by atoms with E-state index < -0.39 is 6.04 Å². The van der Waals surface area contributed by atoms with Crippen LogP contribution in [-0.4, -0.2) is 43.3 Å². The lowest BCUT2D eigenvalue weighted by Crippen LogP contribution is -2.35. The average molecular weight is 235 g/mol. The standard InChI is InChI=1S/C10H21NO3S/c1-4-13-7-8(2)14-10(12)9(11)5-6-15-3/h8-9H,4-7,11H2,1-3H3/t8?,9-/m0/s1. The minimum Gasteiger partial charge on any atom is -0.459 e. The molecule has 0 radical (unpaired) electrons. The molecule has 2 atom stereocenters. The quantitative estimate of drug-likeness (QED) is 0.637. The Kier molecular flexibility index (Phi) is 8.85. The third-order valence-electron chi connectivity index (χ3n) is 1.81. The lowest BCUT2D eigenvalue weighted by Gasteiger charge is -2.16. The van der Waals surface area contributed by atoms with Crippen LogP contribution in [-0.2, 0) is 14.3 Å². The molecule has 0 heterocycles. The van der Waals surface area contributed by atoms with E-state index in [2.05, 4.69) is 0 Å². The van der Waals surface area contributed by atoms with Crippen molar-refractivity contribution in [2.45, 2.75) is 32.4 Å². The maximum absolute atomic E-state index is 11.4. The molecule has 0 rings (SSSR count). The minimum absolute atomic E-state index is 0.224. The molecule has 0 aliphatic carbocycles. The Morgan fingerprint density at radius 1 is 1.53 bits per heavy atom. The monoisotopic (exact) mass is 235 g/mol. The van der Waals surface area contributed by atoms with E-state index in [1.54, 1.807) is 18.7 Å². The van der Waals surface area contributed by atoms with Crippen molar-refractivity contribution in [3.05, 3.63) is 0 Å². The van der Waals surface area contributed by atoms with Crippen LogP contribution in [0.5, 0.6) is 0 Å². The first kappa shape index (κ1) is 14.7. The van der Waals surface area contributed by atoms with Crippen molar-refractivity contribution in [3.8, 4) is 0 Å². The van der Waals surface area contributed by atoms with Gasteiger partial charge in [-0.3, -0.25) is 4.79 Å². The molecule has 0 fully saturated rings.